The molecule has 84 valence electrons. The highest BCUT2D eigenvalue weighted by Gasteiger charge is 2.31. The third kappa shape index (κ3) is 3.62. The number of esters is 1. The lowest BCUT2D eigenvalue weighted by Gasteiger charge is -2.10. The van der Waals surface area contributed by atoms with Gasteiger partial charge in [0, 0.05) is 5.56 Å². The van der Waals surface area contributed by atoms with Gasteiger partial charge in [-0.15, -0.1) is 0 Å². The number of alkyl halides is 3. The molecule has 15 heavy (non-hydrogen) atoms. The summed E-state index contributed by atoms with van der Waals surface area (Å²) >= 11 is 0. The maximum atomic E-state index is 11.6. The number of furan rings is 1. The van der Waals surface area contributed by atoms with Gasteiger partial charge in [-0.25, -0.2) is 4.79 Å². The zero-order valence-corrected chi connectivity index (χ0v) is 7.32. The summed E-state index contributed by atoms with van der Waals surface area (Å²) in [6.45, 7) is -1.72. The van der Waals surface area contributed by atoms with Gasteiger partial charge in [-0.05, 0) is 6.07 Å². The summed E-state index contributed by atoms with van der Waals surface area (Å²) in [4.78, 5) is 10.9. The van der Waals surface area contributed by atoms with Gasteiger partial charge in [-0.1, -0.05) is 0 Å². The molecule has 1 N–H and O–H groups in total. The third-order valence-corrected chi connectivity index (χ3v) is 1.46. The first-order valence-corrected chi connectivity index (χ1v) is 3.84. The highest BCUT2D eigenvalue weighted by atomic mass is 19.4. The fourth-order valence-corrected chi connectivity index (χ4v) is 0.799. The van der Waals surface area contributed by atoms with E-state index in [2.05, 4.69) is 9.15 Å². The zero-order chi connectivity index (χ0) is 11.5. The summed E-state index contributed by atoms with van der Waals surface area (Å²) in [5.41, 5.74) is 0.0437. The molecule has 1 aromatic rings. The van der Waals surface area contributed by atoms with Crippen LogP contribution >= 0.6 is 0 Å². The molecule has 4 nitrogen and oxygen atoms in total. The van der Waals surface area contributed by atoms with Gasteiger partial charge >= 0.3 is 12.1 Å². The summed E-state index contributed by atoms with van der Waals surface area (Å²) in [6, 6.07) is 1.25. The van der Waals surface area contributed by atoms with Gasteiger partial charge in [-0.2, -0.15) is 13.2 Å². The van der Waals surface area contributed by atoms with Crippen LogP contribution in [0.25, 0.3) is 0 Å². The second-order valence-corrected chi connectivity index (χ2v) is 2.68. The third-order valence-electron chi connectivity index (χ3n) is 1.46. The maximum Gasteiger partial charge on any atom is 0.422 e. The molecular weight excluding hydrogens is 217 g/mol. The Morgan fingerprint density at radius 2 is 2.27 bits per heavy atom. The number of carbonyl (C=O) groups is 1. The van der Waals surface area contributed by atoms with Crippen LogP contribution in [0.1, 0.15) is 11.7 Å². The molecule has 0 bridgehead atoms. The molecule has 0 aliphatic heterocycles. The Hall–Kier alpha value is -1.50. The minimum atomic E-state index is -4.61. The predicted octanol–water partition coefficient (Wildman–Crippen LogP) is 1.42. The average Bonchev–Trinajstić information content (AvgIpc) is 2.64. The van der Waals surface area contributed by atoms with Crippen LogP contribution in [0.15, 0.2) is 23.0 Å². The van der Waals surface area contributed by atoms with E-state index in [1.165, 1.54) is 12.3 Å². The number of aliphatic hydroxyl groups excluding tert-OH is 1. The fraction of sp³-hybridized carbons (Fsp3) is 0.375. The standard InChI is InChI=1S/C8H7F3O4/c9-8(10,11)4-15-7(13)6(12)5-1-2-14-3-5/h1-3,6,12H,4H2. The van der Waals surface area contributed by atoms with Crippen molar-refractivity contribution >= 4 is 5.97 Å². The smallest absolute Gasteiger partial charge is 0.422 e. The summed E-state index contributed by atoms with van der Waals surface area (Å²) < 4.78 is 43.3. The fourth-order valence-electron chi connectivity index (χ4n) is 0.799. The summed E-state index contributed by atoms with van der Waals surface area (Å²) in [7, 11) is 0. The highest BCUT2D eigenvalue weighted by Crippen LogP contribution is 2.18. The predicted molar refractivity (Wildman–Crippen MR) is 40.7 cm³/mol. The van der Waals surface area contributed by atoms with Gasteiger partial charge in [0.25, 0.3) is 0 Å². The van der Waals surface area contributed by atoms with Crippen LogP contribution in [0.5, 0.6) is 0 Å². The van der Waals surface area contributed by atoms with Crippen molar-refractivity contribution in [3.05, 3.63) is 24.2 Å². The van der Waals surface area contributed by atoms with Crippen molar-refractivity contribution in [1.29, 1.82) is 0 Å². The number of carbonyl (C=O) groups excluding carboxylic acids is 1. The second-order valence-electron chi connectivity index (χ2n) is 2.68. The van der Waals surface area contributed by atoms with Crippen LogP contribution in [-0.2, 0) is 9.53 Å². The molecule has 7 heteroatoms. The van der Waals surface area contributed by atoms with Crippen LogP contribution in [-0.4, -0.2) is 23.9 Å². The van der Waals surface area contributed by atoms with Crippen molar-refractivity contribution in [2.24, 2.45) is 0 Å². The van der Waals surface area contributed by atoms with Crippen molar-refractivity contribution in [3.8, 4) is 0 Å². The van der Waals surface area contributed by atoms with Gasteiger partial charge in [-0.3, -0.25) is 0 Å². The summed E-state index contributed by atoms with van der Waals surface area (Å²) in [6.07, 6.45) is -4.15. The highest BCUT2D eigenvalue weighted by molar-refractivity contribution is 5.76. The quantitative estimate of drug-likeness (QED) is 0.788. The number of ether oxygens (including phenoxy) is 1. The molecule has 1 heterocycles. The maximum absolute atomic E-state index is 11.6. The lowest BCUT2D eigenvalue weighted by molar-refractivity contribution is -0.192. The van der Waals surface area contributed by atoms with Gasteiger partial charge in [0.15, 0.2) is 12.7 Å². The molecule has 0 aliphatic carbocycles. The molecule has 0 fully saturated rings. The first kappa shape index (κ1) is 11.6. The lowest BCUT2D eigenvalue weighted by atomic mass is 10.2. The molecule has 1 aromatic heterocycles. The number of hydrogen-bond acceptors (Lipinski definition) is 4. The molecule has 0 spiro atoms. The van der Waals surface area contributed by atoms with Crippen molar-refractivity contribution in [3.63, 3.8) is 0 Å². The van der Waals surface area contributed by atoms with E-state index in [9.17, 15) is 23.1 Å². The molecule has 0 saturated carbocycles. The first-order valence-electron chi connectivity index (χ1n) is 3.84. The van der Waals surface area contributed by atoms with Crippen molar-refractivity contribution in [2.75, 3.05) is 6.61 Å². The summed E-state index contributed by atoms with van der Waals surface area (Å²) in [5.74, 6) is -1.37. The Balaban J connectivity index is 2.48. The number of halogens is 3. The minimum absolute atomic E-state index is 0.0437. The van der Waals surface area contributed by atoms with E-state index in [0.29, 0.717) is 0 Å². The van der Waals surface area contributed by atoms with Gasteiger partial charge in [0.05, 0.1) is 12.5 Å². The van der Waals surface area contributed by atoms with Crippen LogP contribution < -0.4 is 0 Å². The Bertz CT molecular complexity index is 317. The van der Waals surface area contributed by atoms with E-state index in [-0.39, 0.29) is 5.56 Å². The van der Waals surface area contributed by atoms with Crippen LogP contribution in [0.4, 0.5) is 13.2 Å². The van der Waals surface area contributed by atoms with Crippen LogP contribution in [0.3, 0.4) is 0 Å². The molecule has 0 aromatic carbocycles. The summed E-state index contributed by atoms with van der Waals surface area (Å²) in [5, 5.41) is 9.17. The molecule has 0 saturated heterocycles. The molecule has 0 aliphatic rings. The van der Waals surface area contributed by atoms with E-state index in [0.717, 1.165) is 6.26 Å². The Morgan fingerprint density at radius 3 is 2.73 bits per heavy atom. The van der Waals surface area contributed by atoms with E-state index < -0.39 is 24.9 Å². The van der Waals surface area contributed by atoms with Crippen LogP contribution in [0.2, 0.25) is 0 Å². The monoisotopic (exact) mass is 224 g/mol. The topological polar surface area (TPSA) is 59.7 Å². The van der Waals surface area contributed by atoms with Crippen molar-refractivity contribution in [1.82, 2.24) is 0 Å². The number of hydrogen-bond donors (Lipinski definition) is 1. The Kier molecular flexibility index (Phi) is 3.35. The number of aliphatic hydroxyl groups is 1. The van der Waals surface area contributed by atoms with Crippen LogP contribution in [0, 0.1) is 0 Å². The molecule has 1 atom stereocenters. The van der Waals surface area contributed by atoms with Gasteiger partial charge < -0.3 is 14.3 Å². The largest absolute Gasteiger partial charge is 0.472 e. The first-order chi connectivity index (χ1) is 6.90. The van der Waals surface area contributed by atoms with E-state index in [1.54, 1.807) is 0 Å². The average molecular weight is 224 g/mol. The lowest BCUT2D eigenvalue weighted by Crippen LogP contribution is -2.23. The van der Waals surface area contributed by atoms with Crippen molar-refractivity contribution < 1.29 is 32.2 Å². The minimum Gasteiger partial charge on any atom is -0.472 e. The van der Waals surface area contributed by atoms with Gasteiger partial charge in [0.2, 0.25) is 0 Å². The van der Waals surface area contributed by atoms with Crippen molar-refractivity contribution in [2.45, 2.75) is 12.3 Å². The molecule has 0 radical (unpaired) electrons. The second kappa shape index (κ2) is 4.35. The Labute approximate surface area is 82.3 Å². The molecule has 0 amide bonds. The van der Waals surface area contributed by atoms with Gasteiger partial charge in [0.1, 0.15) is 0 Å². The molecule has 1 rings (SSSR count). The van der Waals surface area contributed by atoms with E-state index >= 15 is 0 Å². The SMILES string of the molecule is O=C(OCC(F)(F)F)C(O)c1ccoc1. The molecule has 1 unspecified atom stereocenters. The zero-order valence-electron chi connectivity index (χ0n) is 7.32. The van der Waals surface area contributed by atoms with E-state index in [4.69, 9.17) is 0 Å². The normalized spacial score (nSPS) is 13.6. The Morgan fingerprint density at radius 1 is 1.60 bits per heavy atom. The van der Waals surface area contributed by atoms with E-state index in [1.807, 2.05) is 0 Å². The number of rotatable bonds is 3. The molecular formula is C8H7F3O4.